The van der Waals surface area contributed by atoms with E-state index in [1.807, 2.05) is 0 Å². The Bertz CT molecular complexity index is 177. The molecule has 0 unspecified atom stereocenters. The first kappa shape index (κ1) is 9.33. The van der Waals surface area contributed by atoms with Crippen molar-refractivity contribution in [2.45, 2.75) is 38.5 Å². The van der Waals surface area contributed by atoms with Crippen LogP contribution in [0, 0.1) is 5.92 Å². The van der Waals surface area contributed by atoms with Gasteiger partial charge in [0, 0.05) is 10.8 Å². The van der Waals surface area contributed by atoms with Crippen LogP contribution in [0.4, 0.5) is 0 Å². The number of thioether (sulfide) groups is 1. The first-order valence-corrected chi connectivity index (χ1v) is 5.21. The van der Waals surface area contributed by atoms with E-state index in [4.69, 9.17) is 12.2 Å². The van der Waals surface area contributed by atoms with Crippen molar-refractivity contribution in [1.29, 1.82) is 0 Å². The lowest BCUT2D eigenvalue weighted by atomic mass is 9.87. The fraction of sp³-hybridized carbons (Fsp3) is 0.875. The van der Waals surface area contributed by atoms with Crippen molar-refractivity contribution in [3.05, 3.63) is 0 Å². The summed E-state index contributed by atoms with van der Waals surface area (Å²) in [4.78, 5) is 0. The molecule has 1 nitrogen and oxygen atoms in total. The lowest BCUT2D eigenvalue weighted by molar-refractivity contribution is 0.307. The van der Waals surface area contributed by atoms with Crippen LogP contribution < -0.4 is 5.32 Å². The van der Waals surface area contributed by atoms with Gasteiger partial charge < -0.3 is 5.32 Å². The third kappa shape index (κ3) is 1.88. The minimum absolute atomic E-state index is 0.168. The quantitative estimate of drug-likeness (QED) is 0.588. The zero-order chi connectivity index (χ0) is 8.65. The molecule has 0 aliphatic carbocycles. The molecule has 0 radical (unpaired) electrons. The van der Waals surface area contributed by atoms with Gasteiger partial charge in [0.05, 0.1) is 0 Å². The highest BCUT2D eigenvalue weighted by Gasteiger charge is 2.35. The highest BCUT2D eigenvalue weighted by atomic mass is 32.2. The van der Waals surface area contributed by atoms with Gasteiger partial charge in [-0.2, -0.15) is 0 Å². The molecule has 1 N–H and O–H groups in total. The van der Waals surface area contributed by atoms with E-state index in [1.165, 1.54) is 0 Å². The molecule has 0 amide bonds. The molecule has 1 fully saturated rings. The highest BCUT2D eigenvalue weighted by Crippen LogP contribution is 2.33. The fourth-order valence-electron chi connectivity index (χ4n) is 1.26. The molecule has 1 aliphatic heterocycles. The van der Waals surface area contributed by atoms with Crippen molar-refractivity contribution < 1.29 is 0 Å². The molecule has 0 bridgehead atoms. The second-order valence-electron chi connectivity index (χ2n) is 3.75. The summed E-state index contributed by atoms with van der Waals surface area (Å²) in [6.07, 6.45) is 0. The molecule has 3 heteroatoms. The molecule has 1 heterocycles. The van der Waals surface area contributed by atoms with Gasteiger partial charge in [-0.1, -0.05) is 37.8 Å². The summed E-state index contributed by atoms with van der Waals surface area (Å²) in [6, 6.07) is 0. The first-order valence-electron chi connectivity index (χ1n) is 3.92. The summed E-state index contributed by atoms with van der Waals surface area (Å²) < 4.78 is 0.945. The predicted molar refractivity (Wildman–Crippen MR) is 56.0 cm³/mol. The summed E-state index contributed by atoms with van der Waals surface area (Å²) in [7, 11) is 0. The summed E-state index contributed by atoms with van der Waals surface area (Å²) in [5.41, 5.74) is 0.168. The Hall–Kier alpha value is 0.240. The molecule has 0 aromatic rings. The maximum atomic E-state index is 5.14. The minimum Gasteiger partial charge on any atom is -0.366 e. The van der Waals surface area contributed by atoms with Gasteiger partial charge in [0.1, 0.15) is 4.32 Å². The molecule has 1 saturated heterocycles. The number of rotatable bonds is 0. The fourth-order valence-corrected chi connectivity index (χ4v) is 3.19. The van der Waals surface area contributed by atoms with Gasteiger partial charge in [-0.05, 0) is 19.8 Å². The topological polar surface area (TPSA) is 12.0 Å². The number of nitrogens with one attached hydrogen (secondary N) is 1. The van der Waals surface area contributed by atoms with E-state index in [9.17, 15) is 0 Å². The normalized spacial score (nSPS) is 36.5. The lowest BCUT2D eigenvalue weighted by Gasteiger charge is -2.41. The Balaban J connectivity index is 2.75. The monoisotopic (exact) mass is 189 g/mol. The van der Waals surface area contributed by atoms with Crippen molar-refractivity contribution in [2.75, 3.05) is 0 Å². The Morgan fingerprint density at radius 1 is 1.45 bits per heavy atom. The first-order chi connectivity index (χ1) is 4.93. The van der Waals surface area contributed by atoms with E-state index in [0.29, 0.717) is 11.2 Å². The zero-order valence-electron chi connectivity index (χ0n) is 7.47. The third-order valence-corrected chi connectivity index (χ3v) is 4.05. The average molecular weight is 189 g/mol. The minimum atomic E-state index is 0.168. The Morgan fingerprint density at radius 2 is 2.00 bits per heavy atom. The van der Waals surface area contributed by atoms with E-state index >= 15 is 0 Å². The van der Waals surface area contributed by atoms with Gasteiger partial charge >= 0.3 is 0 Å². The van der Waals surface area contributed by atoms with E-state index in [1.54, 1.807) is 11.8 Å². The van der Waals surface area contributed by atoms with Crippen molar-refractivity contribution in [3.63, 3.8) is 0 Å². The number of hydrogen-bond donors (Lipinski definition) is 1. The number of thiocarbonyl (C=S) groups is 1. The second-order valence-corrected chi connectivity index (χ2v) is 5.80. The van der Waals surface area contributed by atoms with Crippen LogP contribution in [-0.4, -0.2) is 15.1 Å². The van der Waals surface area contributed by atoms with Crippen LogP contribution in [0.3, 0.4) is 0 Å². The number of hydrogen-bond acceptors (Lipinski definition) is 2. The van der Waals surface area contributed by atoms with Crippen LogP contribution >= 0.6 is 24.0 Å². The Morgan fingerprint density at radius 3 is 2.45 bits per heavy atom. The van der Waals surface area contributed by atoms with E-state index in [0.717, 1.165) is 4.32 Å². The highest BCUT2D eigenvalue weighted by molar-refractivity contribution is 8.23. The molecular weight excluding hydrogens is 174 g/mol. The van der Waals surface area contributed by atoms with Crippen molar-refractivity contribution in [2.24, 2.45) is 5.92 Å². The summed E-state index contributed by atoms with van der Waals surface area (Å²) in [5, 5.41) is 3.97. The van der Waals surface area contributed by atoms with Gasteiger partial charge in [-0.3, -0.25) is 0 Å². The average Bonchev–Trinajstić information content (AvgIpc) is 1.81. The van der Waals surface area contributed by atoms with Crippen LogP contribution in [-0.2, 0) is 0 Å². The Labute approximate surface area is 78.3 Å². The lowest BCUT2D eigenvalue weighted by Crippen LogP contribution is -2.53. The van der Waals surface area contributed by atoms with Crippen LogP contribution in [0.5, 0.6) is 0 Å². The molecule has 0 aromatic heterocycles. The van der Waals surface area contributed by atoms with Gasteiger partial charge in [-0.25, -0.2) is 0 Å². The van der Waals surface area contributed by atoms with Crippen LogP contribution in [0.25, 0.3) is 0 Å². The molecule has 11 heavy (non-hydrogen) atoms. The smallest absolute Gasteiger partial charge is 0.134 e. The standard InChI is InChI=1S/C8H15NS2/c1-5-6(2)11-7(10)9-8(5,3)4/h5-6H,1-4H3,(H,9,10)/t5-,6+/m1/s1. The van der Waals surface area contributed by atoms with Gasteiger partial charge in [0.2, 0.25) is 0 Å². The molecule has 0 spiro atoms. The molecule has 0 saturated carbocycles. The molecule has 64 valence electrons. The van der Waals surface area contributed by atoms with Crippen molar-refractivity contribution in [1.82, 2.24) is 5.32 Å². The molecule has 2 atom stereocenters. The molecule has 0 aromatic carbocycles. The van der Waals surface area contributed by atoms with Gasteiger partial charge in [-0.15, -0.1) is 0 Å². The zero-order valence-corrected chi connectivity index (χ0v) is 9.10. The summed E-state index contributed by atoms with van der Waals surface area (Å²) in [5.74, 6) is 0.666. The van der Waals surface area contributed by atoms with Gasteiger partial charge in [0.15, 0.2) is 0 Å². The van der Waals surface area contributed by atoms with Crippen molar-refractivity contribution >= 4 is 28.3 Å². The predicted octanol–water partition coefficient (Wildman–Crippen LogP) is 2.41. The Kier molecular flexibility index (Phi) is 2.49. The van der Waals surface area contributed by atoms with Crippen LogP contribution in [0.15, 0.2) is 0 Å². The maximum absolute atomic E-state index is 5.14. The molecular formula is C8H15NS2. The largest absolute Gasteiger partial charge is 0.366 e. The van der Waals surface area contributed by atoms with Crippen molar-refractivity contribution in [3.8, 4) is 0 Å². The van der Waals surface area contributed by atoms with E-state index < -0.39 is 0 Å². The summed E-state index contributed by atoms with van der Waals surface area (Å²) >= 11 is 6.91. The summed E-state index contributed by atoms with van der Waals surface area (Å²) in [6.45, 7) is 8.93. The molecule has 1 rings (SSSR count). The van der Waals surface area contributed by atoms with E-state index in [2.05, 4.69) is 33.0 Å². The second kappa shape index (κ2) is 2.94. The van der Waals surface area contributed by atoms with E-state index in [-0.39, 0.29) is 5.54 Å². The van der Waals surface area contributed by atoms with Crippen LogP contribution in [0.2, 0.25) is 0 Å². The third-order valence-electron chi connectivity index (χ3n) is 2.56. The SMILES string of the molecule is C[C@@H]1SC(=S)NC(C)(C)[C@@H]1C. The molecule has 1 aliphatic rings. The van der Waals surface area contributed by atoms with Gasteiger partial charge in [0.25, 0.3) is 0 Å². The van der Waals surface area contributed by atoms with Crippen LogP contribution in [0.1, 0.15) is 27.7 Å². The maximum Gasteiger partial charge on any atom is 0.134 e.